The van der Waals surface area contributed by atoms with E-state index in [0.29, 0.717) is 11.0 Å². The van der Waals surface area contributed by atoms with E-state index >= 15 is 0 Å². The van der Waals surface area contributed by atoms with Crippen molar-refractivity contribution in [2.75, 3.05) is 5.32 Å². The predicted octanol–water partition coefficient (Wildman–Crippen LogP) is 4.20. The molecule has 0 saturated carbocycles. The van der Waals surface area contributed by atoms with Crippen LogP contribution in [0.2, 0.25) is 4.47 Å². The first-order chi connectivity index (χ1) is 11.8. The number of benzene rings is 2. The topological polar surface area (TPSA) is 55.6 Å². The minimum atomic E-state index is 0.571. The smallest absolute Gasteiger partial charge is 0.183 e. The molecule has 0 fully saturated rings. The van der Waals surface area contributed by atoms with Crippen LogP contribution in [0.5, 0.6) is 0 Å². The zero-order chi connectivity index (χ0) is 16.4. The summed E-state index contributed by atoms with van der Waals surface area (Å²) in [5.74, 6) is 0. The zero-order valence-electron chi connectivity index (χ0n) is 12.7. The SMILES string of the molecule is Clc1ncc(CNc2ccc(Cn3nnc4ccccc43)cc2)s1. The number of nitrogens with zero attached hydrogens (tertiary/aromatic N) is 4. The number of halogens is 1. The standard InChI is InChI=1S/C17H14ClN5S/c18-17-20-10-14(24-17)9-19-13-7-5-12(6-8-13)11-23-16-4-2-1-3-15(16)21-22-23/h1-8,10,19H,9,11H2. The van der Waals surface area contributed by atoms with Crippen LogP contribution in [0.1, 0.15) is 10.4 Å². The second-order valence-corrected chi connectivity index (χ2v) is 7.06. The molecule has 0 atom stereocenters. The summed E-state index contributed by atoms with van der Waals surface area (Å²) in [5.41, 5.74) is 4.20. The van der Waals surface area contributed by atoms with Gasteiger partial charge in [-0.2, -0.15) is 0 Å². The molecule has 4 rings (SSSR count). The number of anilines is 1. The van der Waals surface area contributed by atoms with Crippen molar-refractivity contribution >= 4 is 39.7 Å². The van der Waals surface area contributed by atoms with Gasteiger partial charge in [0.1, 0.15) is 5.52 Å². The fourth-order valence-electron chi connectivity index (χ4n) is 2.49. The highest BCUT2D eigenvalue weighted by Gasteiger charge is 2.04. The summed E-state index contributed by atoms with van der Waals surface area (Å²) in [6, 6.07) is 16.3. The molecule has 0 saturated heterocycles. The molecule has 5 nitrogen and oxygen atoms in total. The van der Waals surface area contributed by atoms with Crippen LogP contribution in [-0.4, -0.2) is 20.0 Å². The summed E-state index contributed by atoms with van der Waals surface area (Å²) in [5, 5.41) is 11.8. The highest BCUT2D eigenvalue weighted by Crippen LogP contribution is 2.19. The van der Waals surface area contributed by atoms with Crippen LogP contribution in [-0.2, 0) is 13.1 Å². The van der Waals surface area contributed by atoms with E-state index in [4.69, 9.17) is 11.6 Å². The Bertz CT molecular complexity index is 960. The molecule has 0 aliphatic heterocycles. The van der Waals surface area contributed by atoms with E-state index in [1.807, 2.05) is 28.9 Å². The van der Waals surface area contributed by atoms with Gasteiger partial charge < -0.3 is 5.32 Å². The molecule has 0 spiro atoms. The molecular formula is C17H14ClN5S. The summed E-state index contributed by atoms with van der Waals surface area (Å²) in [6.07, 6.45) is 1.80. The van der Waals surface area contributed by atoms with Crippen molar-refractivity contribution in [1.82, 2.24) is 20.0 Å². The van der Waals surface area contributed by atoms with Gasteiger partial charge in [-0.05, 0) is 29.8 Å². The van der Waals surface area contributed by atoms with Crippen molar-refractivity contribution in [3.63, 3.8) is 0 Å². The summed E-state index contributed by atoms with van der Waals surface area (Å²) in [6.45, 7) is 1.42. The van der Waals surface area contributed by atoms with Crippen molar-refractivity contribution in [3.8, 4) is 0 Å². The van der Waals surface area contributed by atoms with Crippen LogP contribution in [0.3, 0.4) is 0 Å². The van der Waals surface area contributed by atoms with Gasteiger partial charge in [-0.3, -0.25) is 0 Å². The van der Waals surface area contributed by atoms with E-state index in [2.05, 4.69) is 44.9 Å². The molecule has 7 heteroatoms. The van der Waals surface area contributed by atoms with Crippen LogP contribution in [0.25, 0.3) is 11.0 Å². The third-order valence-electron chi connectivity index (χ3n) is 3.70. The number of para-hydroxylation sites is 1. The normalized spacial score (nSPS) is 11.0. The maximum Gasteiger partial charge on any atom is 0.183 e. The number of nitrogens with one attached hydrogen (secondary N) is 1. The van der Waals surface area contributed by atoms with Gasteiger partial charge in [-0.15, -0.1) is 16.4 Å². The Morgan fingerprint density at radius 3 is 2.71 bits per heavy atom. The van der Waals surface area contributed by atoms with Crippen molar-refractivity contribution in [2.24, 2.45) is 0 Å². The summed E-state index contributed by atoms with van der Waals surface area (Å²) < 4.78 is 2.49. The first-order valence-corrected chi connectivity index (χ1v) is 8.68. The Morgan fingerprint density at radius 2 is 1.92 bits per heavy atom. The molecule has 2 heterocycles. The molecule has 0 radical (unpaired) electrons. The summed E-state index contributed by atoms with van der Waals surface area (Å²) >= 11 is 7.33. The second-order valence-electron chi connectivity index (χ2n) is 5.37. The molecule has 4 aromatic rings. The first kappa shape index (κ1) is 15.1. The summed E-state index contributed by atoms with van der Waals surface area (Å²) in [7, 11) is 0. The predicted molar refractivity (Wildman–Crippen MR) is 97.5 cm³/mol. The van der Waals surface area contributed by atoms with E-state index < -0.39 is 0 Å². The molecule has 120 valence electrons. The molecule has 2 aromatic heterocycles. The highest BCUT2D eigenvalue weighted by atomic mass is 35.5. The van der Waals surface area contributed by atoms with Crippen molar-refractivity contribution in [2.45, 2.75) is 13.1 Å². The van der Waals surface area contributed by atoms with Gasteiger partial charge in [0.05, 0.1) is 18.6 Å². The quantitative estimate of drug-likeness (QED) is 0.583. The van der Waals surface area contributed by atoms with Crippen LogP contribution in [0, 0.1) is 0 Å². The maximum absolute atomic E-state index is 5.84. The van der Waals surface area contributed by atoms with E-state index in [9.17, 15) is 0 Å². The van der Waals surface area contributed by atoms with Crippen molar-refractivity contribution < 1.29 is 0 Å². The lowest BCUT2D eigenvalue weighted by atomic mass is 10.2. The van der Waals surface area contributed by atoms with E-state index in [1.54, 1.807) is 6.20 Å². The third kappa shape index (κ3) is 3.25. The Hall–Kier alpha value is -2.44. The Balaban J connectivity index is 1.43. The van der Waals surface area contributed by atoms with Gasteiger partial charge in [0, 0.05) is 16.8 Å². The van der Waals surface area contributed by atoms with Crippen LogP contribution in [0.15, 0.2) is 54.7 Å². The fraction of sp³-hybridized carbons (Fsp3) is 0.118. The molecule has 0 aliphatic carbocycles. The van der Waals surface area contributed by atoms with Crippen LogP contribution >= 0.6 is 22.9 Å². The molecule has 24 heavy (non-hydrogen) atoms. The maximum atomic E-state index is 5.84. The molecule has 0 amide bonds. The molecule has 2 aromatic carbocycles. The number of thiazole rings is 1. The molecular weight excluding hydrogens is 342 g/mol. The van der Waals surface area contributed by atoms with Crippen molar-refractivity contribution in [3.05, 3.63) is 69.6 Å². The largest absolute Gasteiger partial charge is 0.380 e. The second kappa shape index (κ2) is 6.59. The number of rotatable bonds is 5. The molecule has 0 unspecified atom stereocenters. The van der Waals surface area contributed by atoms with Gasteiger partial charge in [0.25, 0.3) is 0 Å². The zero-order valence-corrected chi connectivity index (χ0v) is 14.3. The number of hydrogen-bond donors (Lipinski definition) is 1. The lowest BCUT2D eigenvalue weighted by molar-refractivity contribution is 0.670. The van der Waals surface area contributed by atoms with E-state index in [1.165, 1.54) is 16.9 Å². The third-order valence-corrected chi connectivity index (χ3v) is 4.81. The van der Waals surface area contributed by atoms with Gasteiger partial charge in [-0.25, -0.2) is 9.67 Å². The molecule has 0 bridgehead atoms. The lowest BCUT2D eigenvalue weighted by Gasteiger charge is -2.07. The van der Waals surface area contributed by atoms with Gasteiger partial charge >= 0.3 is 0 Å². The average molecular weight is 356 g/mol. The molecule has 0 aliphatic rings. The Morgan fingerprint density at radius 1 is 1.08 bits per heavy atom. The minimum Gasteiger partial charge on any atom is -0.380 e. The number of aromatic nitrogens is 4. The van der Waals surface area contributed by atoms with Gasteiger partial charge in [0.2, 0.25) is 0 Å². The first-order valence-electron chi connectivity index (χ1n) is 7.49. The molecule has 1 N–H and O–H groups in total. The monoisotopic (exact) mass is 355 g/mol. The number of fused-ring (bicyclic) bond motifs is 1. The minimum absolute atomic E-state index is 0.571. The Kier molecular flexibility index (Phi) is 4.15. The lowest BCUT2D eigenvalue weighted by Crippen LogP contribution is -2.02. The van der Waals surface area contributed by atoms with E-state index in [0.717, 1.165) is 28.1 Å². The summed E-state index contributed by atoms with van der Waals surface area (Å²) in [4.78, 5) is 5.15. The number of hydrogen-bond acceptors (Lipinski definition) is 5. The van der Waals surface area contributed by atoms with Crippen molar-refractivity contribution in [1.29, 1.82) is 0 Å². The van der Waals surface area contributed by atoms with Crippen LogP contribution in [0.4, 0.5) is 5.69 Å². The van der Waals surface area contributed by atoms with Crippen LogP contribution < -0.4 is 5.32 Å². The van der Waals surface area contributed by atoms with E-state index in [-0.39, 0.29) is 0 Å². The van der Waals surface area contributed by atoms with Gasteiger partial charge in [0.15, 0.2) is 4.47 Å². The fourth-order valence-corrected chi connectivity index (χ4v) is 3.41. The Labute approximate surface area is 147 Å². The highest BCUT2D eigenvalue weighted by molar-refractivity contribution is 7.15. The van der Waals surface area contributed by atoms with Gasteiger partial charge in [-0.1, -0.05) is 41.1 Å². The average Bonchev–Trinajstić information content (AvgIpc) is 3.21.